The van der Waals surface area contributed by atoms with E-state index in [4.69, 9.17) is 21.7 Å². The second kappa shape index (κ2) is 9.97. The number of amides is 1. The first-order valence-corrected chi connectivity index (χ1v) is 11.1. The third-order valence-electron chi connectivity index (χ3n) is 5.49. The Hall–Kier alpha value is -3.17. The van der Waals surface area contributed by atoms with Crippen molar-refractivity contribution < 1.29 is 19.2 Å². The topological polar surface area (TPSA) is 89.8 Å². The number of ether oxygens (including phenoxy) is 2. The van der Waals surface area contributed by atoms with E-state index in [9.17, 15) is 9.59 Å². The average molecular weight is 456 g/mol. The van der Waals surface area contributed by atoms with Crippen molar-refractivity contribution in [1.29, 1.82) is 0 Å². The number of aromatic nitrogens is 2. The van der Waals surface area contributed by atoms with Crippen LogP contribution in [-0.4, -0.2) is 42.4 Å². The van der Waals surface area contributed by atoms with Gasteiger partial charge in [-0.05, 0) is 18.3 Å². The van der Waals surface area contributed by atoms with Gasteiger partial charge in [0, 0.05) is 37.6 Å². The van der Waals surface area contributed by atoms with E-state index in [2.05, 4.69) is 29.5 Å². The zero-order valence-corrected chi connectivity index (χ0v) is 18.8. The second-order valence-electron chi connectivity index (χ2n) is 7.96. The minimum atomic E-state index is -0.249. The minimum Gasteiger partial charge on any atom is -0.454 e. The normalized spacial score (nSPS) is 13.3. The SMILES string of the molecule is C[NH+](CCCNC(=O)CCn1c(=S)[nH]c2cc3c(cc2c1=O)OCO3)Cc1ccccc1. The first-order chi connectivity index (χ1) is 15.5. The van der Waals surface area contributed by atoms with E-state index < -0.39 is 0 Å². The van der Waals surface area contributed by atoms with E-state index >= 15 is 0 Å². The molecule has 0 saturated heterocycles. The molecule has 168 valence electrons. The molecule has 3 N–H and O–H groups in total. The van der Waals surface area contributed by atoms with Crippen molar-refractivity contribution in [3.63, 3.8) is 0 Å². The van der Waals surface area contributed by atoms with Crippen LogP contribution in [-0.2, 0) is 17.9 Å². The van der Waals surface area contributed by atoms with Crippen LogP contribution in [0, 0.1) is 4.77 Å². The van der Waals surface area contributed by atoms with Crippen molar-refractivity contribution in [2.75, 3.05) is 26.9 Å². The summed E-state index contributed by atoms with van der Waals surface area (Å²) in [4.78, 5) is 29.6. The quantitative estimate of drug-likeness (QED) is 0.335. The van der Waals surface area contributed by atoms with E-state index in [1.807, 2.05) is 18.2 Å². The molecule has 1 atom stereocenters. The molecule has 0 spiro atoms. The zero-order chi connectivity index (χ0) is 22.5. The fraction of sp³-hybridized carbons (Fsp3) is 0.348. The summed E-state index contributed by atoms with van der Waals surface area (Å²) in [5, 5.41) is 3.39. The molecule has 2 aromatic carbocycles. The summed E-state index contributed by atoms with van der Waals surface area (Å²) < 4.78 is 12.4. The number of H-pyrrole nitrogens is 1. The summed E-state index contributed by atoms with van der Waals surface area (Å²) in [5.41, 5.74) is 1.64. The summed E-state index contributed by atoms with van der Waals surface area (Å²) in [6, 6.07) is 13.7. The highest BCUT2D eigenvalue weighted by Crippen LogP contribution is 2.34. The van der Waals surface area contributed by atoms with E-state index in [1.165, 1.54) is 15.0 Å². The van der Waals surface area contributed by atoms with Gasteiger partial charge in [-0.15, -0.1) is 0 Å². The Bertz CT molecular complexity index is 1220. The van der Waals surface area contributed by atoms with Crippen LogP contribution in [0.5, 0.6) is 11.5 Å². The van der Waals surface area contributed by atoms with Gasteiger partial charge in [0.2, 0.25) is 12.7 Å². The van der Waals surface area contributed by atoms with Gasteiger partial charge < -0.3 is 24.7 Å². The van der Waals surface area contributed by atoms with E-state index in [0.29, 0.717) is 28.9 Å². The average Bonchev–Trinajstić information content (AvgIpc) is 3.23. The van der Waals surface area contributed by atoms with Gasteiger partial charge in [-0.25, -0.2) is 0 Å². The van der Waals surface area contributed by atoms with Crippen LogP contribution < -0.4 is 25.2 Å². The molecule has 32 heavy (non-hydrogen) atoms. The first-order valence-electron chi connectivity index (χ1n) is 10.7. The van der Waals surface area contributed by atoms with Gasteiger partial charge in [-0.2, -0.15) is 0 Å². The standard InChI is InChI=1S/C23H26N4O4S/c1-26(14-16-6-3-2-4-7-16)10-5-9-24-21(28)8-11-27-22(29)17-12-19-20(31-15-30-19)13-18(17)25-23(27)32/h2-4,6-7,12-13H,5,8-11,14-15H2,1H3,(H,24,28)(H,25,32)/p+1. The van der Waals surface area contributed by atoms with Crippen molar-refractivity contribution in [2.24, 2.45) is 0 Å². The molecule has 0 saturated carbocycles. The van der Waals surface area contributed by atoms with E-state index in [-0.39, 0.29) is 36.0 Å². The maximum Gasteiger partial charge on any atom is 0.262 e. The van der Waals surface area contributed by atoms with E-state index in [0.717, 1.165) is 19.5 Å². The second-order valence-corrected chi connectivity index (χ2v) is 8.35. The lowest BCUT2D eigenvalue weighted by Gasteiger charge is -2.14. The van der Waals surface area contributed by atoms with Crippen molar-refractivity contribution >= 4 is 29.0 Å². The van der Waals surface area contributed by atoms with Gasteiger partial charge in [-0.3, -0.25) is 14.2 Å². The number of nitrogens with zero attached hydrogens (tertiary/aromatic N) is 1. The Balaban J connectivity index is 1.27. The maximum absolute atomic E-state index is 12.9. The van der Waals surface area contributed by atoms with Gasteiger partial charge in [0.15, 0.2) is 16.3 Å². The molecule has 4 rings (SSSR count). The smallest absolute Gasteiger partial charge is 0.262 e. The number of carbonyl (C=O) groups is 1. The molecule has 1 aliphatic heterocycles. The summed E-state index contributed by atoms with van der Waals surface area (Å²) >= 11 is 5.34. The molecule has 1 aliphatic rings. The number of fused-ring (bicyclic) bond motifs is 2. The fourth-order valence-corrected chi connectivity index (χ4v) is 4.08. The predicted molar refractivity (Wildman–Crippen MR) is 124 cm³/mol. The van der Waals surface area contributed by atoms with Crippen LogP contribution in [0.25, 0.3) is 10.9 Å². The number of carbonyl (C=O) groups excluding carboxylic acids is 1. The maximum atomic E-state index is 12.9. The summed E-state index contributed by atoms with van der Waals surface area (Å²) in [6.07, 6.45) is 1.06. The minimum absolute atomic E-state index is 0.0993. The predicted octanol–water partition coefficient (Wildman–Crippen LogP) is 1.40. The lowest BCUT2D eigenvalue weighted by atomic mass is 10.2. The number of hydrogen-bond acceptors (Lipinski definition) is 5. The molecule has 0 bridgehead atoms. The third-order valence-corrected chi connectivity index (χ3v) is 5.81. The van der Waals surface area contributed by atoms with Crippen molar-refractivity contribution in [1.82, 2.24) is 14.9 Å². The largest absolute Gasteiger partial charge is 0.454 e. The molecule has 0 fully saturated rings. The van der Waals surface area contributed by atoms with Crippen molar-refractivity contribution in [2.45, 2.75) is 25.9 Å². The molecule has 9 heteroatoms. The Morgan fingerprint density at radius 1 is 1.22 bits per heavy atom. The Labute approximate surface area is 190 Å². The number of hydrogen-bond donors (Lipinski definition) is 3. The van der Waals surface area contributed by atoms with Crippen LogP contribution >= 0.6 is 12.2 Å². The lowest BCUT2D eigenvalue weighted by molar-refractivity contribution is -0.893. The molecular formula is C23H27N4O4S+. The molecule has 1 amide bonds. The summed E-state index contributed by atoms with van der Waals surface area (Å²) in [6.45, 7) is 2.86. The van der Waals surface area contributed by atoms with Gasteiger partial charge in [0.05, 0.1) is 24.5 Å². The van der Waals surface area contributed by atoms with Gasteiger partial charge in [-0.1, -0.05) is 30.3 Å². The number of benzene rings is 2. The number of quaternary nitrogens is 1. The first kappa shape index (κ1) is 22.0. The van der Waals surface area contributed by atoms with Gasteiger partial charge >= 0.3 is 0 Å². The lowest BCUT2D eigenvalue weighted by Crippen LogP contribution is -3.07. The van der Waals surface area contributed by atoms with Gasteiger partial charge in [0.25, 0.3) is 5.56 Å². The molecule has 0 radical (unpaired) electrons. The number of aromatic amines is 1. The number of nitrogens with one attached hydrogen (secondary N) is 3. The highest BCUT2D eigenvalue weighted by molar-refractivity contribution is 7.71. The third kappa shape index (κ3) is 5.17. The summed E-state index contributed by atoms with van der Waals surface area (Å²) in [5.74, 6) is 1.01. The van der Waals surface area contributed by atoms with Crippen LogP contribution in [0.3, 0.4) is 0 Å². The Morgan fingerprint density at radius 2 is 1.97 bits per heavy atom. The van der Waals surface area contributed by atoms with Crippen LogP contribution in [0.15, 0.2) is 47.3 Å². The Kier molecular flexibility index (Phi) is 6.87. The Morgan fingerprint density at radius 3 is 2.75 bits per heavy atom. The molecular weight excluding hydrogens is 428 g/mol. The molecule has 8 nitrogen and oxygen atoms in total. The van der Waals surface area contributed by atoms with Crippen LogP contribution in [0.2, 0.25) is 0 Å². The molecule has 1 unspecified atom stereocenters. The van der Waals surface area contributed by atoms with Crippen LogP contribution in [0.1, 0.15) is 18.4 Å². The fourth-order valence-electron chi connectivity index (χ4n) is 3.80. The molecule has 2 heterocycles. The molecule has 3 aromatic rings. The van der Waals surface area contributed by atoms with Crippen molar-refractivity contribution in [3.8, 4) is 11.5 Å². The van der Waals surface area contributed by atoms with Crippen molar-refractivity contribution in [3.05, 3.63) is 63.2 Å². The summed E-state index contributed by atoms with van der Waals surface area (Å²) in [7, 11) is 2.15. The number of rotatable bonds is 9. The van der Waals surface area contributed by atoms with Gasteiger partial charge in [0.1, 0.15) is 6.54 Å². The highest BCUT2D eigenvalue weighted by Gasteiger charge is 2.17. The van der Waals surface area contributed by atoms with Crippen LogP contribution in [0.4, 0.5) is 0 Å². The zero-order valence-electron chi connectivity index (χ0n) is 18.0. The molecule has 1 aromatic heterocycles. The van der Waals surface area contributed by atoms with E-state index in [1.54, 1.807) is 12.1 Å². The monoisotopic (exact) mass is 455 g/mol. The molecule has 0 aliphatic carbocycles. The highest BCUT2D eigenvalue weighted by atomic mass is 32.1.